The van der Waals surface area contributed by atoms with Crippen molar-refractivity contribution in [3.05, 3.63) is 128 Å². The topological polar surface area (TPSA) is 22.8 Å². The van der Waals surface area contributed by atoms with Crippen LogP contribution in [-0.2, 0) is 0 Å². The normalized spacial score (nSPS) is 11.5. The Bertz CT molecular complexity index is 1790. The second kappa shape index (κ2) is 7.46. The molecule has 0 amide bonds. The molecule has 0 unspecified atom stereocenters. The Morgan fingerprint density at radius 3 is 1.82 bits per heavy atom. The number of aromatic nitrogens is 3. The van der Waals surface area contributed by atoms with Crippen molar-refractivity contribution in [2.45, 2.75) is 0 Å². The average Bonchev–Trinajstić information content (AvgIpc) is 3.42. The van der Waals surface area contributed by atoms with Crippen molar-refractivity contribution in [3.8, 4) is 22.5 Å². The first kappa shape index (κ1) is 18.9. The Hall–Kier alpha value is -4.63. The van der Waals surface area contributed by atoms with Crippen LogP contribution in [-0.4, -0.2) is 14.1 Å². The van der Waals surface area contributed by atoms with Crippen molar-refractivity contribution in [1.82, 2.24) is 14.1 Å². The van der Waals surface area contributed by atoms with E-state index < -0.39 is 0 Å². The van der Waals surface area contributed by atoms with E-state index in [0.717, 1.165) is 28.1 Å². The van der Waals surface area contributed by atoms with Crippen LogP contribution in [0.5, 0.6) is 0 Å². The minimum atomic E-state index is 1.11. The van der Waals surface area contributed by atoms with Gasteiger partial charge in [0.05, 0.1) is 16.7 Å². The van der Waals surface area contributed by atoms with Crippen molar-refractivity contribution in [2.75, 3.05) is 0 Å². The van der Waals surface area contributed by atoms with Crippen molar-refractivity contribution in [1.29, 1.82) is 0 Å². The van der Waals surface area contributed by atoms with Gasteiger partial charge in [0.2, 0.25) is 0 Å². The molecule has 3 aromatic heterocycles. The monoisotopic (exact) mass is 435 g/mol. The zero-order valence-electron chi connectivity index (χ0n) is 18.5. The van der Waals surface area contributed by atoms with E-state index in [4.69, 9.17) is 0 Å². The number of rotatable bonds is 3. The van der Waals surface area contributed by atoms with Crippen LogP contribution in [0.3, 0.4) is 0 Å². The lowest BCUT2D eigenvalue weighted by Gasteiger charge is -2.16. The van der Waals surface area contributed by atoms with Gasteiger partial charge in [-0.15, -0.1) is 0 Å². The van der Waals surface area contributed by atoms with Crippen LogP contribution in [0.25, 0.3) is 55.3 Å². The summed E-state index contributed by atoms with van der Waals surface area (Å²) in [4.78, 5) is 4.49. The second-order valence-electron chi connectivity index (χ2n) is 8.50. The van der Waals surface area contributed by atoms with Crippen LogP contribution in [0.1, 0.15) is 0 Å². The summed E-state index contributed by atoms with van der Waals surface area (Å²) in [5.41, 5.74) is 8.08. The van der Waals surface area contributed by atoms with Gasteiger partial charge in [-0.05, 0) is 35.9 Å². The lowest BCUT2D eigenvalue weighted by molar-refractivity contribution is 1.06. The van der Waals surface area contributed by atoms with Crippen molar-refractivity contribution in [3.63, 3.8) is 0 Å². The largest absolute Gasteiger partial charge is 0.295 e. The van der Waals surface area contributed by atoms with Gasteiger partial charge < -0.3 is 0 Å². The van der Waals surface area contributed by atoms with Gasteiger partial charge in [-0.3, -0.25) is 14.1 Å². The highest BCUT2D eigenvalue weighted by Gasteiger charge is 2.22. The summed E-state index contributed by atoms with van der Waals surface area (Å²) in [5.74, 6) is 0. The molecule has 7 aromatic rings. The van der Waals surface area contributed by atoms with Gasteiger partial charge in [0, 0.05) is 39.8 Å². The minimum absolute atomic E-state index is 1.11. The number of hydrogen-bond acceptors (Lipinski definition) is 1. The van der Waals surface area contributed by atoms with Crippen molar-refractivity contribution < 1.29 is 0 Å². The number of fused-ring (bicyclic) bond motifs is 5. The molecule has 0 spiro atoms. The lowest BCUT2D eigenvalue weighted by Crippen LogP contribution is -2.03. The van der Waals surface area contributed by atoms with Crippen molar-refractivity contribution >= 4 is 32.8 Å². The fraction of sp³-hybridized carbons (Fsp3) is 0. The third-order valence-electron chi connectivity index (χ3n) is 6.61. The third kappa shape index (κ3) is 2.67. The first-order valence-corrected chi connectivity index (χ1v) is 11.5. The Morgan fingerprint density at radius 1 is 0.529 bits per heavy atom. The van der Waals surface area contributed by atoms with Crippen LogP contribution in [0.2, 0.25) is 0 Å². The summed E-state index contributed by atoms with van der Waals surface area (Å²) in [6.07, 6.45) is 3.86. The summed E-state index contributed by atoms with van der Waals surface area (Å²) in [6.45, 7) is 0. The van der Waals surface area contributed by atoms with Gasteiger partial charge >= 0.3 is 0 Å². The SMILES string of the molecule is c1ccc(-c2cnccc2-n2c3ccccc3c3c4ccccc4n(-c4ccccc4)c32)cc1. The maximum absolute atomic E-state index is 4.49. The molecular formula is C31H21N3. The molecule has 0 aliphatic rings. The molecule has 0 radical (unpaired) electrons. The fourth-order valence-electron chi connectivity index (χ4n) is 5.20. The zero-order valence-corrected chi connectivity index (χ0v) is 18.5. The van der Waals surface area contributed by atoms with E-state index >= 15 is 0 Å². The summed E-state index contributed by atoms with van der Waals surface area (Å²) in [6, 6.07) is 40.7. The van der Waals surface area contributed by atoms with Gasteiger partial charge in [0.1, 0.15) is 5.65 Å². The number of para-hydroxylation sites is 3. The molecule has 0 saturated carbocycles. The molecule has 4 aromatic carbocycles. The van der Waals surface area contributed by atoms with Gasteiger partial charge in [-0.1, -0.05) is 84.9 Å². The van der Waals surface area contributed by atoms with E-state index in [1.54, 1.807) is 0 Å². The van der Waals surface area contributed by atoms with Gasteiger partial charge in [-0.2, -0.15) is 0 Å². The standard InChI is InChI=1S/C31H21N3/c1-3-11-22(12-4-1)26-21-32-20-19-29(26)34-28-18-10-8-16-25(28)30-24-15-7-9-17-27(24)33(31(30)34)23-13-5-2-6-14-23/h1-21H. The molecule has 7 rings (SSSR count). The predicted molar refractivity (Wildman–Crippen MR) is 141 cm³/mol. The Labute approximate surface area is 197 Å². The van der Waals surface area contributed by atoms with E-state index in [-0.39, 0.29) is 0 Å². The van der Waals surface area contributed by atoms with E-state index in [0.29, 0.717) is 0 Å². The van der Waals surface area contributed by atoms with Crippen LogP contribution >= 0.6 is 0 Å². The maximum atomic E-state index is 4.49. The van der Waals surface area contributed by atoms with Gasteiger partial charge in [0.25, 0.3) is 0 Å². The molecular weight excluding hydrogens is 414 g/mol. The average molecular weight is 436 g/mol. The first-order valence-electron chi connectivity index (χ1n) is 11.5. The maximum Gasteiger partial charge on any atom is 0.131 e. The number of pyridine rings is 1. The number of nitrogens with zero attached hydrogens (tertiary/aromatic N) is 3. The number of benzene rings is 4. The van der Waals surface area contributed by atoms with Crippen molar-refractivity contribution in [2.24, 2.45) is 0 Å². The van der Waals surface area contributed by atoms with Crippen LogP contribution in [0.15, 0.2) is 128 Å². The Morgan fingerprint density at radius 2 is 1.12 bits per heavy atom. The first-order chi connectivity index (χ1) is 16.9. The molecule has 0 bridgehead atoms. The summed E-state index contributed by atoms with van der Waals surface area (Å²) >= 11 is 0. The third-order valence-corrected chi connectivity index (χ3v) is 6.61. The minimum Gasteiger partial charge on any atom is -0.295 e. The van der Waals surface area contributed by atoms with Crippen LogP contribution in [0, 0.1) is 0 Å². The molecule has 0 aliphatic carbocycles. The molecule has 0 N–H and O–H groups in total. The summed E-state index contributed by atoms with van der Waals surface area (Å²) in [5, 5.41) is 3.77. The Kier molecular flexibility index (Phi) is 4.15. The second-order valence-corrected chi connectivity index (χ2v) is 8.50. The molecule has 0 saturated heterocycles. The van der Waals surface area contributed by atoms with E-state index in [1.807, 2.05) is 12.4 Å². The Balaban J connectivity index is 1.72. The highest BCUT2D eigenvalue weighted by molar-refractivity contribution is 6.22. The highest BCUT2D eigenvalue weighted by atomic mass is 15.1. The molecule has 3 nitrogen and oxygen atoms in total. The molecule has 3 heteroatoms. The zero-order chi connectivity index (χ0) is 22.5. The predicted octanol–water partition coefficient (Wildman–Crippen LogP) is 7.79. The quantitative estimate of drug-likeness (QED) is 0.278. The summed E-state index contributed by atoms with van der Waals surface area (Å²) < 4.78 is 4.79. The van der Waals surface area contributed by atoms with Gasteiger partial charge in [0.15, 0.2) is 0 Å². The van der Waals surface area contributed by atoms with E-state index in [1.165, 1.54) is 27.2 Å². The molecule has 160 valence electrons. The van der Waals surface area contributed by atoms with Crippen LogP contribution in [0.4, 0.5) is 0 Å². The molecule has 0 atom stereocenters. The number of hydrogen-bond donors (Lipinski definition) is 0. The molecule has 0 fully saturated rings. The molecule has 3 heterocycles. The van der Waals surface area contributed by atoms with Crippen LogP contribution < -0.4 is 0 Å². The molecule has 34 heavy (non-hydrogen) atoms. The fourth-order valence-corrected chi connectivity index (χ4v) is 5.20. The van der Waals surface area contributed by atoms with E-state index in [2.05, 4.69) is 129 Å². The highest BCUT2D eigenvalue weighted by Crippen LogP contribution is 2.42. The summed E-state index contributed by atoms with van der Waals surface area (Å²) in [7, 11) is 0. The van der Waals surface area contributed by atoms with E-state index in [9.17, 15) is 0 Å². The smallest absolute Gasteiger partial charge is 0.131 e. The lowest BCUT2D eigenvalue weighted by atomic mass is 10.1. The molecule has 0 aliphatic heterocycles. The van der Waals surface area contributed by atoms with Gasteiger partial charge in [-0.25, -0.2) is 0 Å².